The highest BCUT2D eigenvalue weighted by atomic mass is 14.7. The minimum absolute atomic E-state index is 0.520. The fraction of sp³-hybridized carbons (Fsp3) is 1.00. The Morgan fingerprint density at radius 2 is 1.33 bits per heavy atom. The van der Waals surface area contributed by atoms with E-state index in [4.69, 9.17) is 5.73 Å². The van der Waals surface area contributed by atoms with Gasteiger partial charge in [0.05, 0.1) is 0 Å². The maximum Gasteiger partial charge on any atom is 0.00697 e. The van der Waals surface area contributed by atoms with Crippen LogP contribution in [0.1, 0.15) is 70.6 Å². The predicted molar refractivity (Wildman–Crippen MR) is 65.7 cm³/mol. The summed E-state index contributed by atoms with van der Waals surface area (Å²) in [5.74, 6) is 1.83. The monoisotopic (exact) mass is 209 g/mol. The molecule has 0 aromatic rings. The van der Waals surface area contributed by atoms with Crippen LogP contribution in [0.5, 0.6) is 0 Å². The van der Waals surface area contributed by atoms with Crippen molar-refractivity contribution in [3.8, 4) is 0 Å². The fourth-order valence-corrected chi connectivity index (χ4v) is 3.56. The molecule has 0 amide bonds. The average Bonchev–Trinajstić information content (AvgIpc) is 2.58. The van der Waals surface area contributed by atoms with Gasteiger partial charge in [-0.25, -0.2) is 0 Å². The Balaban J connectivity index is 1.74. The van der Waals surface area contributed by atoms with E-state index in [1.807, 2.05) is 0 Å². The van der Waals surface area contributed by atoms with Gasteiger partial charge in [0, 0.05) is 6.04 Å². The molecule has 2 N–H and O–H groups in total. The first-order valence-corrected chi connectivity index (χ1v) is 7.12. The van der Waals surface area contributed by atoms with Crippen molar-refractivity contribution < 1.29 is 0 Å². The molecular formula is C14H27N. The van der Waals surface area contributed by atoms with Crippen molar-refractivity contribution in [1.82, 2.24) is 0 Å². The highest BCUT2D eigenvalue weighted by Crippen LogP contribution is 2.32. The smallest absolute Gasteiger partial charge is 0.00697 e. The Bertz CT molecular complexity index is 164. The minimum atomic E-state index is 0.520. The lowest BCUT2D eigenvalue weighted by Gasteiger charge is -2.24. The summed E-state index contributed by atoms with van der Waals surface area (Å²) in [4.78, 5) is 0. The van der Waals surface area contributed by atoms with Crippen molar-refractivity contribution >= 4 is 0 Å². The third-order valence-corrected chi connectivity index (χ3v) is 4.59. The SMILES string of the molecule is NC(CC1CCCC1)C1CCCCCC1. The molecule has 0 aliphatic heterocycles. The number of hydrogen-bond donors (Lipinski definition) is 1. The summed E-state index contributed by atoms with van der Waals surface area (Å²) in [7, 11) is 0. The molecule has 0 aromatic carbocycles. The van der Waals surface area contributed by atoms with Crippen LogP contribution < -0.4 is 5.73 Å². The molecule has 88 valence electrons. The molecule has 0 saturated heterocycles. The van der Waals surface area contributed by atoms with Gasteiger partial charge in [0.1, 0.15) is 0 Å². The zero-order chi connectivity index (χ0) is 10.5. The van der Waals surface area contributed by atoms with E-state index in [2.05, 4.69) is 0 Å². The van der Waals surface area contributed by atoms with Crippen LogP contribution in [0, 0.1) is 11.8 Å². The zero-order valence-corrected chi connectivity index (χ0v) is 10.1. The second-order valence-electron chi connectivity index (χ2n) is 5.80. The third-order valence-electron chi connectivity index (χ3n) is 4.59. The van der Waals surface area contributed by atoms with Crippen LogP contribution >= 0.6 is 0 Å². The van der Waals surface area contributed by atoms with Crippen LogP contribution in [-0.2, 0) is 0 Å². The van der Waals surface area contributed by atoms with Gasteiger partial charge in [0.15, 0.2) is 0 Å². The minimum Gasteiger partial charge on any atom is -0.327 e. The Labute approximate surface area is 94.8 Å². The Morgan fingerprint density at radius 1 is 0.800 bits per heavy atom. The molecule has 15 heavy (non-hydrogen) atoms. The van der Waals surface area contributed by atoms with Crippen LogP contribution in [0.3, 0.4) is 0 Å². The van der Waals surface area contributed by atoms with Gasteiger partial charge in [-0.1, -0.05) is 51.4 Å². The van der Waals surface area contributed by atoms with Gasteiger partial charge in [-0.2, -0.15) is 0 Å². The molecule has 0 radical (unpaired) electrons. The van der Waals surface area contributed by atoms with Crippen molar-refractivity contribution in [2.24, 2.45) is 17.6 Å². The van der Waals surface area contributed by atoms with Gasteiger partial charge in [0.25, 0.3) is 0 Å². The van der Waals surface area contributed by atoms with Crippen molar-refractivity contribution in [2.45, 2.75) is 76.7 Å². The van der Waals surface area contributed by atoms with Crippen LogP contribution in [0.2, 0.25) is 0 Å². The van der Waals surface area contributed by atoms with Crippen LogP contribution in [0.4, 0.5) is 0 Å². The molecular weight excluding hydrogens is 182 g/mol. The molecule has 0 heterocycles. The van der Waals surface area contributed by atoms with Gasteiger partial charge in [-0.05, 0) is 31.1 Å². The average molecular weight is 209 g/mol. The first kappa shape index (κ1) is 11.4. The Morgan fingerprint density at radius 3 is 1.93 bits per heavy atom. The molecule has 1 nitrogen and oxygen atoms in total. The molecule has 2 fully saturated rings. The maximum absolute atomic E-state index is 6.40. The Kier molecular flexibility index (Phi) is 4.49. The van der Waals surface area contributed by atoms with Crippen LogP contribution in [0.25, 0.3) is 0 Å². The van der Waals surface area contributed by atoms with E-state index in [1.165, 1.54) is 70.6 Å². The van der Waals surface area contributed by atoms with Crippen molar-refractivity contribution in [3.63, 3.8) is 0 Å². The van der Waals surface area contributed by atoms with Gasteiger partial charge >= 0.3 is 0 Å². The van der Waals surface area contributed by atoms with Crippen molar-refractivity contribution in [3.05, 3.63) is 0 Å². The summed E-state index contributed by atoms with van der Waals surface area (Å²) in [5, 5.41) is 0. The van der Waals surface area contributed by atoms with Crippen molar-refractivity contribution in [2.75, 3.05) is 0 Å². The molecule has 1 heteroatoms. The van der Waals surface area contributed by atoms with E-state index in [0.717, 1.165) is 11.8 Å². The summed E-state index contributed by atoms with van der Waals surface area (Å²) < 4.78 is 0. The third kappa shape index (κ3) is 3.48. The lowest BCUT2D eigenvalue weighted by molar-refractivity contribution is 0.315. The molecule has 2 aliphatic carbocycles. The Hall–Kier alpha value is -0.0400. The second-order valence-corrected chi connectivity index (χ2v) is 5.80. The van der Waals surface area contributed by atoms with Gasteiger partial charge in [0.2, 0.25) is 0 Å². The van der Waals surface area contributed by atoms with E-state index < -0.39 is 0 Å². The summed E-state index contributed by atoms with van der Waals surface area (Å²) in [5.41, 5.74) is 6.40. The topological polar surface area (TPSA) is 26.0 Å². The van der Waals surface area contributed by atoms with E-state index >= 15 is 0 Å². The second kappa shape index (κ2) is 5.89. The highest BCUT2D eigenvalue weighted by Gasteiger charge is 2.24. The number of rotatable bonds is 3. The molecule has 0 aromatic heterocycles. The molecule has 2 rings (SSSR count). The first-order chi connectivity index (χ1) is 7.36. The van der Waals surface area contributed by atoms with Gasteiger partial charge in [-0.3, -0.25) is 0 Å². The van der Waals surface area contributed by atoms with Gasteiger partial charge < -0.3 is 5.73 Å². The maximum atomic E-state index is 6.40. The number of hydrogen-bond acceptors (Lipinski definition) is 1. The lowest BCUT2D eigenvalue weighted by Crippen LogP contribution is -2.31. The molecule has 1 unspecified atom stereocenters. The quantitative estimate of drug-likeness (QED) is 0.702. The van der Waals surface area contributed by atoms with Crippen molar-refractivity contribution in [1.29, 1.82) is 0 Å². The van der Waals surface area contributed by atoms with Gasteiger partial charge in [-0.15, -0.1) is 0 Å². The fourth-order valence-electron chi connectivity index (χ4n) is 3.56. The van der Waals surface area contributed by atoms with Crippen LogP contribution in [0.15, 0.2) is 0 Å². The standard InChI is InChI=1S/C14H27N/c15-14(11-12-7-5-6-8-12)13-9-3-1-2-4-10-13/h12-14H,1-11,15H2. The predicted octanol–water partition coefficient (Wildman–Crippen LogP) is 3.86. The van der Waals surface area contributed by atoms with Crippen LogP contribution in [-0.4, -0.2) is 6.04 Å². The summed E-state index contributed by atoms with van der Waals surface area (Å²) in [6.07, 6.45) is 15.8. The van der Waals surface area contributed by atoms with E-state index in [9.17, 15) is 0 Å². The number of nitrogens with two attached hydrogens (primary N) is 1. The summed E-state index contributed by atoms with van der Waals surface area (Å²) in [6, 6.07) is 0.520. The molecule has 2 aliphatic rings. The highest BCUT2D eigenvalue weighted by molar-refractivity contribution is 4.80. The van der Waals surface area contributed by atoms with E-state index in [1.54, 1.807) is 0 Å². The van der Waals surface area contributed by atoms with E-state index in [-0.39, 0.29) is 0 Å². The lowest BCUT2D eigenvalue weighted by atomic mass is 9.86. The summed E-state index contributed by atoms with van der Waals surface area (Å²) in [6.45, 7) is 0. The summed E-state index contributed by atoms with van der Waals surface area (Å²) >= 11 is 0. The zero-order valence-electron chi connectivity index (χ0n) is 10.1. The van der Waals surface area contributed by atoms with E-state index in [0.29, 0.717) is 6.04 Å². The largest absolute Gasteiger partial charge is 0.327 e. The molecule has 0 bridgehead atoms. The molecule has 0 spiro atoms. The normalized spacial score (nSPS) is 27.8. The molecule has 2 saturated carbocycles. The molecule has 1 atom stereocenters. The first-order valence-electron chi connectivity index (χ1n) is 7.12.